The molecule has 0 saturated carbocycles. The Hall–Kier alpha value is -2.18. The van der Waals surface area contributed by atoms with Gasteiger partial charge in [-0.3, -0.25) is 14.7 Å². The summed E-state index contributed by atoms with van der Waals surface area (Å²) in [4.78, 5) is 23.7. The van der Waals surface area contributed by atoms with Gasteiger partial charge in [0.2, 0.25) is 0 Å². The Balaban J connectivity index is 1.79. The molecule has 4 rings (SSSR count). The van der Waals surface area contributed by atoms with E-state index in [0.717, 1.165) is 15.8 Å². The van der Waals surface area contributed by atoms with Crippen LogP contribution < -0.4 is 4.90 Å². The molecule has 0 unspecified atom stereocenters. The number of carbonyl (C=O) groups excluding carboxylic acids is 1. The molecule has 0 spiro atoms. The number of hydrogen-bond donors (Lipinski definition) is 0. The molecule has 0 N–H and O–H groups in total. The SMILES string of the molecule is O=C(c1ccc(Cl)cc1Cl)N(Cc1cccnc1)c1nc2ccc(Cl)cc2s1. The number of halogens is 3. The van der Waals surface area contributed by atoms with Crippen molar-refractivity contribution in [3.8, 4) is 0 Å². The third-order valence-electron chi connectivity index (χ3n) is 4.04. The molecule has 0 fully saturated rings. The Morgan fingerprint density at radius 2 is 1.82 bits per heavy atom. The van der Waals surface area contributed by atoms with E-state index in [4.69, 9.17) is 34.8 Å². The minimum atomic E-state index is -0.268. The third-order valence-corrected chi connectivity index (χ3v) is 5.86. The summed E-state index contributed by atoms with van der Waals surface area (Å²) >= 11 is 19.7. The lowest BCUT2D eigenvalue weighted by atomic mass is 10.2. The Morgan fingerprint density at radius 3 is 2.57 bits per heavy atom. The maximum absolute atomic E-state index is 13.3. The van der Waals surface area contributed by atoms with Gasteiger partial charge in [0.05, 0.1) is 27.3 Å². The van der Waals surface area contributed by atoms with Crippen molar-refractivity contribution in [2.24, 2.45) is 0 Å². The molecular weight excluding hydrogens is 437 g/mol. The van der Waals surface area contributed by atoms with Crippen molar-refractivity contribution in [2.45, 2.75) is 6.54 Å². The van der Waals surface area contributed by atoms with Crippen LogP contribution in [0.4, 0.5) is 5.13 Å². The van der Waals surface area contributed by atoms with Gasteiger partial charge in [-0.05, 0) is 48.0 Å². The zero-order chi connectivity index (χ0) is 19.7. The highest BCUT2D eigenvalue weighted by atomic mass is 35.5. The van der Waals surface area contributed by atoms with Gasteiger partial charge in [-0.15, -0.1) is 0 Å². The van der Waals surface area contributed by atoms with Crippen molar-refractivity contribution in [3.63, 3.8) is 0 Å². The first-order chi connectivity index (χ1) is 13.5. The van der Waals surface area contributed by atoms with Gasteiger partial charge < -0.3 is 0 Å². The van der Waals surface area contributed by atoms with E-state index in [1.807, 2.05) is 24.3 Å². The van der Waals surface area contributed by atoms with Gasteiger partial charge >= 0.3 is 0 Å². The fraction of sp³-hybridized carbons (Fsp3) is 0.0500. The Morgan fingerprint density at radius 1 is 1.04 bits per heavy atom. The van der Waals surface area contributed by atoms with Gasteiger partial charge in [0.25, 0.3) is 5.91 Å². The van der Waals surface area contributed by atoms with E-state index in [1.54, 1.807) is 41.6 Å². The van der Waals surface area contributed by atoms with Crippen molar-refractivity contribution in [3.05, 3.63) is 87.1 Å². The molecule has 4 nitrogen and oxygen atoms in total. The molecular formula is C20H12Cl3N3OS. The lowest BCUT2D eigenvalue weighted by molar-refractivity contribution is 0.0985. The van der Waals surface area contributed by atoms with Crippen LogP contribution in [-0.2, 0) is 6.54 Å². The smallest absolute Gasteiger partial charge is 0.261 e. The summed E-state index contributed by atoms with van der Waals surface area (Å²) in [7, 11) is 0. The molecule has 0 saturated heterocycles. The maximum atomic E-state index is 13.3. The summed E-state index contributed by atoms with van der Waals surface area (Å²) in [6.07, 6.45) is 3.40. The molecule has 0 aliphatic rings. The third kappa shape index (κ3) is 3.98. The minimum absolute atomic E-state index is 0.268. The molecule has 8 heteroatoms. The van der Waals surface area contributed by atoms with E-state index in [-0.39, 0.29) is 10.9 Å². The molecule has 2 heterocycles. The summed E-state index contributed by atoms with van der Waals surface area (Å²) in [6.45, 7) is 0.305. The van der Waals surface area contributed by atoms with Gasteiger partial charge in [0, 0.05) is 22.4 Å². The van der Waals surface area contributed by atoms with Crippen LogP contribution in [0.1, 0.15) is 15.9 Å². The number of benzene rings is 2. The van der Waals surface area contributed by atoms with E-state index in [1.165, 1.54) is 11.3 Å². The average Bonchev–Trinajstić information content (AvgIpc) is 3.09. The fourth-order valence-electron chi connectivity index (χ4n) is 2.71. The normalized spacial score (nSPS) is 11.0. The lowest BCUT2D eigenvalue weighted by Crippen LogP contribution is -2.30. The highest BCUT2D eigenvalue weighted by Gasteiger charge is 2.24. The topological polar surface area (TPSA) is 46.1 Å². The average molecular weight is 449 g/mol. The summed E-state index contributed by atoms with van der Waals surface area (Å²) < 4.78 is 0.897. The van der Waals surface area contributed by atoms with E-state index in [9.17, 15) is 4.79 Å². The van der Waals surface area contributed by atoms with Crippen molar-refractivity contribution >= 4 is 67.4 Å². The zero-order valence-corrected chi connectivity index (χ0v) is 17.4. The Labute approximate surface area is 180 Å². The maximum Gasteiger partial charge on any atom is 0.261 e. The number of rotatable bonds is 4. The van der Waals surface area contributed by atoms with E-state index in [0.29, 0.717) is 27.3 Å². The molecule has 0 bridgehead atoms. The Kier molecular flexibility index (Phi) is 5.51. The Bertz CT molecular complexity index is 1160. The van der Waals surface area contributed by atoms with E-state index >= 15 is 0 Å². The van der Waals surface area contributed by atoms with Gasteiger partial charge in [-0.2, -0.15) is 0 Å². The minimum Gasteiger partial charge on any atom is -0.279 e. The van der Waals surface area contributed by atoms with E-state index in [2.05, 4.69) is 9.97 Å². The van der Waals surface area contributed by atoms with Crippen molar-refractivity contribution in [2.75, 3.05) is 4.90 Å². The molecule has 0 atom stereocenters. The number of hydrogen-bond acceptors (Lipinski definition) is 4. The highest BCUT2D eigenvalue weighted by Crippen LogP contribution is 2.33. The second kappa shape index (κ2) is 8.05. The van der Waals surface area contributed by atoms with Gasteiger partial charge in [0.15, 0.2) is 5.13 Å². The number of thiazole rings is 1. The van der Waals surface area contributed by atoms with E-state index < -0.39 is 0 Å². The number of amides is 1. The highest BCUT2D eigenvalue weighted by molar-refractivity contribution is 7.22. The van der Waals surface area contributed by atoms with Crippen LogP contribution in [0.3, 0.4) is 0 Å². The number of fused-ring (bicyclic) bond motifs is 1. The molecule has 0 radical (unpaired) electrons. The predicted octanol–water partition coefficient (Wildman–Crippen LogP) is 6.50. The van der Waals surface area contributed by atoms with Crippen LogP contribution in [0.2, 0.25) is 15.1 Å². The van der Waals surface area contributed by atoms with Gasteiger partial charge in [0.1, 0.15) is 0 Å². The first-order valence-corrected chi connectivity index (χ1v) is 10.2. The molecule has 140 valence electrons. The lowest BCUT2D eigenvalue weighted by Gasteiger charge is -2.20. The van der Waals surface area contributed by atoms with Crippen LogP contribution in [-0.4, -0.2) is 15.9 Å². The molecule has 0 aliphatic carbocycles. The molecule has 2 aromatic heterocycles. The zero-order valence-electron chi connectivity index (χ0n) is 14.3. The van der Waals surface area contributed by atoms with Crippen molar-refractivity contribution in [1.29, 1.82) is 0 Å². The summed E-state index contributed by atoms with van der Waals surface area (Å²) in [5, 5.41) is 1.93. The molecule has 28 heavy (non-hydrogen) atoms. The van der Waals surface area contributed by atoms with Crippen LogP contribution >= 0.6 is 46.1 Å². The molecule has 4 aromatic rings. The van der Waals surface area contributed by atoms with Gasteiger partial charge in [-0.25, -0.2) is 4.98 Å². The molecule has 2 aromatic carbocycles. The quantitative estimate of drug-likeness (QED) is 0.358. The first kappa shape index (κ1) is 19.2. The second-order valence-corrected chi connectivity index (χ2v) is 8.27. The number of pyridine rings is 1. The van der Waals surface area contributed by atoms with Gasteiger partial charge in [-0.1, -0.05) is 52.2 Å². The number of nitrogens with zero attached hydrogens (tertiary/aromatic N) is 3. The largest absolute Gasteiger partial charge is 0.279 e. The number of carbonyl (C=O) groups is 1. The summed E-state index contributed by atoms with van der Waals surface area (Å²) in [5.74, 6) is -0.268. The van der Waals surface area contributed by atoms with Crippen molar-refractivity contribution in [1.82, 2.24) is 9.97 Å². The fourth-order valence-corrected chi connectivity index (χ4v) is 4.44. The predicted molar refractivity (Wildman–Crippen MR) is 116 cm³/mol. The van der Waals surface area contributed by atoms with Crippen LogP contribution in [0.25, 0.3) is 10.2 Å². The standard InChI is InChI=1S/C20H12Cl3N3OS/c21-13-3-5-15(16(23)8-13)19(27)26(11-12-2-1-7-24-10-12)20-25-17-6-4-14(22)9-18(17)28-20/h1-10H,11H2. The number of aromatic nitrogens is 2. The first-order valence-electron chi connectivity index (χ1n) is 8.23. The van der Waals surface area contributed by atoms with Crippen molar-refractivity contribution < 1.29 is 4.79 Å². The monoisotopic (exact) mass is 447 g/mol. The van der Waals surface area contributed by atoms with Crippen LogP contribution in [0.5, 0.6) is 0 Å². The number of anilines is 1. The second-order valence-electron chi connectivity index (χ2n) is 5.99. The van der Waals surface area contributed by atoms with Crippen LogP contribution in [0, 0.1) is 0 Å². The molecule has 1 amide bonds. The summed E-state index contributed by atoms with van der Waals surface area (Å²) in [6, 6.07) is 14.0. The summed E-state index contributed by atoms with van der Waals surface area (Å²) in [5.41, 5.74) is 2.00. The molecule has 0 aliphatic heterocycles. The van der Waals surface area contributed by atoms with Crippen LogP contribution in [0.15, 0.2) is 60.9 Å².